The molecule has 9 heteroatoms. The van der Waals surface area contributed by atoms with E-state index in [2.05, 4.69) is 23.3 Å². The Morgan fingerprint density at radius 2 is 1.59 bits per heavy atom. The topological polar surface area (TPSA) is 87.7 Å². The number of para-hydroxylation sites is 1. The molecule has 3 amide bonds. The third-order valence-electron chi connectivity index (χ3n) is 6.84. The first kappa shape index (κ1) is 32.5. The van der Waals surface area contributed by atoms with Gasteiger partial charge in [0.25, 0.3) is 5.91 Å². The molecule has 0 spiro atoms. The minimum absolute atomic E-state index is 0.0130. The number of benzene rings is 2. The summed E-state index contributed by atoms with van der Waals surface area (Å²) < 4.78 is 5.40. The van der Waals surface area contributed by atoms with E-state index in [9.17, 15) is 14.4 Å². The van der Waals surface area contributed by atoms with Crippen molar-refractivity contribution in [1.82, 2.24) is 10.2 Å². The summed E-state index contributed by atoms with van der Waals surface area (Å²) in [6.45, 7) is 16.7. The van der Waals surface area contributed by atoms with E-state index in [0.29, 0.717) is 22.7 Å². The molecule has 0 saturated heterocycles. The second-order valence-corrected chi connectivity index (χ2v) is 12.1. The molecular formula is C30H42ClN3O4S. The van der Waals surface area contributed by atoms with Crippen LogP contribution < -0.4 is 10.6 Å². The van der Waals surface area contributed by atoms with E-state index >= 15 is 0 Å². The van der Waals surface area contributed by atoms with E-state index in [4.69, 9.17) is 16.3 Å². The zero-order valence-corrected chi connectivity index (χ0v) is 26.1. The number of carbonyl (C=O) groups excluding carboxylic acids is 3. The molecule has 2 rings (SSSR count). The minimum Gasteiger partial charge on any atom is -0.444 e. The normalized spacial score (nSPS) is 13.3. The monoisotopic (exact) mass is 575 g/mol. The van der Waals surface area contributed by atoms with Crippen LogP contribution >= 0.6 is 24.2 Å². The van der Waals surface area contributed by atoms with Crippen LogP contribution in [0.5, 0.6) is 0 Å². The predicted molar refractivity (Wildman–Crippen MR) is 162 cm³/mol. The summed E-state index contributed by atoms with van der Waals surface area (Å²) in [4.78, 5) is 42.7. The van der Waals surface area contributed by atoms with Crippen LogP contribution in [0.15, 0.2) is 36.4 Å². The summed E-state index contributed by atoms with van der Waals surface area (Å²) in [5, 5.41) is 6.04. The zero-order chi connectivity index (χ0) is 29.7. The lowest BCUT2D eigenvalue weighted by atomic mass is 9.89. The third-order valence-corrected chi connectivity index (χ3v) is 7.52. The Balaban J connectivity index is 2.69. The van der Waals surface area contributed by atoms with Gasteiger partial charge in [-0.05, 0) is 90.1 Å². The van der Waals surface area contributed by atoms with Gasteiger partial charge in [-0.15, -0.1) is 0 Å². The molecule has 2 N–H and O–H groups in total. The molecule has 0 radical (unpaired) electrons. The number of amides is 3. The van der Waals surface area contributed by atoms with E-state index < -0.39 is 41.1 Å². The van der Waals surface area contributed by atoms with Gasteiger partial charge in [0.2, 0.25) is 5.91 Å². The number of thiol groups is 1. The highest BCUT2D eigenvalue weighted by atomic mass is 35.5. The number of carbonyl (C=O) groups is 3. The SMILES string of the molecule is CCC(C)(C)N(C(=O)C(CS)NC(=O)OC(C)(C)C)C(C(=O)Nc1c(C)cccc1Cl)c1cccc(C)c1C. The number of anilines is 1. The summed E-state index contributed by atoms with van der Waals surface area (Å²) in [7, 11) is 0. The van der Waals surface area contributed by atoms with Gasteiger partial charge in [0.05, 0.1) is 10.7 Å². The van der Waals surface area contributed by atoms with Gasteiger partial charge in [0.1, 0.15) is 17.7 Å². The molecule has 0 bridgehead atoms. The summed E-state index contributed by atoms with van der Waals surface area (Å²) in [6.07, 6.45) is -0.187. The first-order chi connectivity index (χ1) is 18.0. The number of halogens is 1. The maximum absolute atomic E-state index is 14.3. The smallest absolute Gasteiger partial charge is 0.408 e. The summed E-state index contributed by atoms with van der Waals surface area (Å²) >= 11 is 10.8. The van der Waals surface area contributed by atoms with E-state index in [1.807, 2.05) is 71.9 Å². The fourth-order valence-electron chi connectivity index (χ4n) is 4.20. The van der Waals surface area contributed by atoms with Crippen molar-refractivity contribution >= 4 is 47.8 Å². The highest BCUT2D eigenvalue weighted by molar-refractivity contribution is 7.80. The lowest BCUT2D eigenvalue weighted by molar-refractivity contribution is -0.147. The molecule has 0 aliphatic rings. The van der Waals surface area contributed by atoms with Crippen molar-refractivity contribution in [3.8, 4) is 0 Å². The zero-order valence-electron chi connectivity index (χ0n) is 24.4. The number of ether oxygens (including phenoxy) is 1. The Morgan fingerprint density at radius 1 is 1.00 bits per heavy atom. The van der Waals surface area contributed by atoms with Gasteiger partial charge in [0.15, 0.2) is 0 Å². The van der Waals surface area contributed by atoms with Gasteiger partial charge < -0.3 is 20.3 Å². The second-order valence-electron chi connectivity index (χ2n) is 11.4. The molecule has 0 fully saturated rings. The number of hydrogen-bond donors (Lipinski definition) is 3. The number of aryl methyl sites for hydroxylation is 2. The van der Waals surface area contributed by atoms with Crippen LogP contribution in [0.2, 0.25) is 5.02 Å². The van der Waals surface area contributed by atoms with Crippen molar-refractivity contribution in [3.63, 3.8) is 0 Å². The molecule has 0 saturated carbocycles. The second kappa shape index (κ2) is 13.1. The molecule has 0 aliphatic heterocycles. The summed E-state index contributed by atoms with van der Waals surface area (Å²) in [6, 6.07) is 9.01. The molecular weight excluding hydrogens is 534 g/mol. The van der Waals surface area contributed by atoms with Gasteiger partial charge >= 0.3 is 6.09 Å². The highest BCUT2D eigenvalue weighted by Gasteiger charge is 2.43. The van der Waals surface area contributed by atoms with Crippen LogP contribution in [-0.2, 0) is 14.3 Å². The molecule has 214 valence electrons. The Morgan fingerprint density at radius 3 is 2.13 bits per heavy atom. The Kier molecular flexibility index (Phi) is 10.9. The maximum atomic E-state index is 14.3. The number of rotatable bonds is 9. The molecule has 0 aromatic heterocycles. The maximum Gasteiger partial charge on any atom is 0.408 e. The van der Waals surface area contributed by atoms with Crippen molar-refractivity contribution in [3.05, 3.63) is 63.7 Å². The fourth-order valence-corrected chi connectivity index (χ4v) is 4.71. The van der Waals surface area contributed by atoms with Gasteiger partial charge in [-0.25, -0.2) is 4.79 Å². The van der Waals surface area contributed by atoms with Crippen LogP contribution in [-0.4, -0.2) is 45.7 Å². The van der Waals surface area contributed by atoms with Crippen molar-refractivity contribution in [2.45, 2.75) is 92.0 Å². The highest BCUT2D eigenvalue weighted by Crippen LogP contribution is 2.36. The minimum atomic E-state index is -1.03. The molecule has 7 nitrogen and oxygen atoms in total. The summed E-state index contributed by atoms with van der Waals surface area (Å²) in [5.74, 6) is -0.844. The molecule has 39 heavy (non-hydrogen) atoms. The molecule has 2 aromatic carbocycles. The average molecular weight is 576 g/mol. The van der Waals surface area contributed by atoms with E-state index in [1.54, 1.807) is 31.7 Å². The molecule has 2 atom stereocenters. The van der Waals surface area contributed by atoms with E-state index in [0.717, 1.165) is 16.7 Å². The average Bonchev–Trinajstić information content (AvgIpc) is 2.83. The Hall–Kier alpha value is -2.71. The standard InChI is InChI=1S/C30H42ClN3O4S/c1-10-30(8,9)34(27(36)23(17-39)32-28(37)38-29(5,6)7)25(21-15-11-13-18(2)20(21)4)26(35)33-24-19(3)14-12-16-22(24)31/h11-16,23,25,39H,10,17H2,1-9H3,(H,32,37)(H,33,35). The Labute approximate surface area is 243 Å². The van der Waals surface area contributed by atoms with Crippen LogP contribution in [0, 0.1) is 20.8 Å². The van der Waals surface area contributed by atoms with Gasteiger partial charge in [-0.3, -0.25) is 9.59 Å². The Bertz CT molecular complexity index is 1190. The third kappa shape index (κ3) is 8.15. The lowest BCUT2D eigenvalue weighted by Crippen LogP contribution is -2.59. The first-order valence-corrected chi connectivity index (χ1v) is 14.1. The van der Waals surface area contributed by atoms with E-state index in [1.165, 1.54) is 0 Å². The number of alkyl carbamates (subject to hydrolysis) is 1. The number of nitrogens with one attached hydrogen (secondary N) is 2. The van der Waals surface area contributed by atoms with Crippen molar-refractivity contribution in [1.29, 1.82) is 0 Å². The van der Waals surface area contributed by atoms with E-state index in [-0.39, 0.29) is 5.75 Å². The quantitative estimate of drug-likeness (QED) is 0.287. The summed E-state index contributed by atoms with van der Waals surface area (Å²) in [5.41, 5.74) is 2.31. The van der Waals surface area contributed by atoms with Gasteiger partial charge in [-0.2, -0.15) is 12.6 Å². The van der Waals surface area contributed by atoms with Crippen molar-refractivity contribution in [2.75, 3.05) is 11.1 Å². The molecule has 0 heterocycles. The fraction of sp³-hybridized carbons (Fsp3) is 0.500. The first-order valence-electron chi connectivity index (χ1n) is 13.1. The molecule has 2 aromatic rings. The van der Waals surface area contributed by atoms with Crippen LogP contribution in [0.1, 0.15) is 76.3 Å². The van der Waals surface area contributed by atoms with Crippen LogP contribution in [0.3, 0.4) is 0 Å². The van der Waals surface area contributed by atoms with Gasteiger partial charge in [0, 0.05) is 11.3 Å². The van der Waals surface area contributed by atoms with Crippen molar-refractivity contribution < 1.29 is 19.1 Å². The molecule has 2 unspecified atom stereocenters. The van der Waals surface area contributed by atoms with Crippen LogP contribution in [0.4, 0.5) is 10.5 Å². The molecule has 0 aliphatic carbocycles. The van der Waals surface area contributed by atoms with Crippen molar-refractivity contribution in [2.24, 2.45) is 0 Å². The predicted octanol–water partition coefficient (Wildman–Crippen LogP) is 6.79. The largest absolute Gasteiger partial charge is 0.444 e. The number of nitrogens with zero attached hydrogens (tertiary/aromatic N) is 1. The lowest BCUT2D eigenvalue weighted by Gasteiger charge is -2.45. The number of hydrogen-bond acceptors (Lipinski definition) is 5. The van der Waals surface area contributed by atoms with Crippen LogP contribution in [0.25, 0.3) is 0 Å². The van der Waals surface area contributed by atoms with Gasteiger partial charge in [-0.1, -0.05) is 48.9 Å².